The van der Waals surface area contributed by atoms with E-state index in [0.717, 1.165) is 46.3 Å². The molecule has 3 nitrogen and oxygen atoms in total. The van der Waals surface area contributed by atoms with Crippen LogP contribution in [0.2, 0.25) is 0 Å². The van der Waals surface area contributed by atoms with Crippen molar-refractivity contribution in [3.8, 4) is 0 Å². The lowest BCUT2D eigenvalue weighted by Crippen LogP contribution is -2.08. The highest BCUT2D eigenvalue weighted by molar-refractivity contribution is 5.24. The molecule has 2 fully saturated rings. The van der Waals surface area contributed by atoms with Crippen LogP contribution in [-0.4, -0.2) is 15.0 Å². The van der Waals surface area contributed by atoms with Gasteiger partial charge in [0.15, 0.2) is 11.6 Å². The number of benzene rings is 3. The number of halogens is 3. The Morgan fingerprint density at radius 1 is 0.343 bits per heavy atom. The number of hydrogen-bond donors (Lipinski definition) is 0. The highest BCUT2D eigenvalue weighted by atomic mass is 19.2. The van der Waals surface area contributed by atoms with Gasteiger partial charge in [-0.25, -0.2) is 23.1 Å². The first-order chi connectivity index (χ1) is 27.8. The standard InChI is InChI=1S/C8H8F2.C8H9F.2C8H16.C8H10.C7H9N.C6H8N2.8CH4/c1-5-3-4-6(2)8(10)7(5)9;1-6-3-4-7(2)8(9)5-6;3*1-7-3-5-8(2)6-4-7;1-6-3-4-7(2)8-5-6;1-5-3-7-6(2)8-4-5;;;;;;;;/h3-4H,1-2H3;3-5H,1-2H3;2*7-8H,3-6H2,1-2H3;3-6H,1-2H3;3-5H,1-2H3;3-4H,1-2H3;8*1H4. The van der Waals surface area contributed by atoms with Crippen LogP contribution in [0.3, 0.4) is 0 Å². The van der Waals surface area contributed by atoms with E-state index in [2.05, 4.69) is 86.8 Å². The van der Waals surface area contributed by atoms with Gasteiger partial charge in [-0.1, -0.05) is 204 Å². The van der Waals surface area contributed by atoms with E-state index in [1.54, 1.807) is 25.1 Å². The van der Waals surface area contributed by atoms with Gasteiger partial charge in [0, 0.05) is 24.3 Å². The second-order valence-electron chi connectivity index (χ2n) is 17.2. The van der Waals surface area contributed by atoms with Gasteiger partial charge in [0.05, 0.1) is 0 Å². The summed E-state index contributed by atoms with van der Waals surface area (Å²) in [4.78, 5) is 12.0. The molecule has 7 rings (SSSR count). The first kappa shape index (κ1) is 79.8. The molecule has 0 atom stereocenters. The lowest BCUT2D eigenvalue weighted by molar-refractivity contribution is 0.308. The van der Waals surface area contributed by atoms with Crippen LogP contribution in [0.5, 0.6) is 0 Å². The molecule has 2 aliphatic rings. The zero-order chi connectivity index (χ0) is 44.5. The van der Waals surface area contributed by atoms with Crippen LogP contribution in [0.4, 0.5) is 13.2 Å². The molecule has 0 N–H and O–H groups in total. The summed E-state index contributed by atoms with van der Waals surface area (Å²) in [6.07, 6.45) is 17.3. The summed E-state index contributed by atoms with van der Waals surface area (Å²) in [5, 5.41) is 0. The van der Waals surface area contributed by atoms with Gasteiger partial charge < -0.3 is 0 Å². The molecular weight excluding hydrogens is 832 g/mol. The highest BCUT2D eigenvalue weighted by Crippen LogP contribution is 2.28. The van der Waals surface area contributed by atoms with Gasteiger partial charge in [-0.15, -0.1) is 0 Å². The highest BCUT2D eigenvalue weighted by Gasteiger charge is 2.14. The predicted molar refractivity (Wildman–Crippen MR) is 300 cm³/mol. The number of hydrogen-bond acceptors (Lipinski definition) is 3. The third-order valence-electron chi connectivity index (χ3n) is 10.6. The van der Waals surface area contributed by atoms with E-state index in [1.807, 2.05) is 65.3 Å². The molecule has 0 radical (unpaired) electrons. The van der Waals surface area contributed by atoms with E-state index < -0.39 is 11.6 Å². The van der Waals surface area contributed by atoms with Crippen LogP contribution in [0.15, 0.2) is 85.3 Å². The smallest absolute Gasteiger partial charge is 0.161 e. The van der Waals surface area contributed by atoms with Crippen molar-refractivity contribution in [3.63, 3.8) is 0 Å². The van der Waals surface area contributed by atoms with Crippen molar-refractivity contribution in [3.05, 3.63) is 159 Å². The average molecular weight is 941 g/mol. The Morgan fingerprint density at radius 2 is 0.627 bits per heavy atom. The van der Waals surface area contributed by atoms with Gasteiger partial charge in [0.2, 0.25) is 0 Å². The van der Waals surface area contributed by atoms with Crippen molar-refractivity contribution in [1.82, 2.24) is 15.0 Å². The van der Waals surface area contributed by atoms with Crippen LogP contribution in [0.1, 0.15) is 195 Å². The Balaban J connectivity index is -0.0000000992. The summed E-state index contributed by atoms with van der Waals surface area (Å²) in [6, 6.07) is 20.9. The molecular formula is C61H108F3N3. The van der Waals surface area contributed by atoms with Crippen LogP contribution < -0.4 is 0 Å². The Morgan fingerprint density at radius 3 is 0.881 bits per heavy atom. The van der Waals surface area contributed by atoms with Crippen LogP contribution in [0, 0.1) is 110 Å². The molecule has 0 unspecified atom stereocenters. The largest absolute Gasteiger partial charge is 0.261 e. The second kappa shape index (κ2) is 44.2. The Kier molecular flexibility index (Phi) is 52.6. The number of pyridine rings is 1. The number of aromatic nitrogens is 3. The molecule has 2 aliphatic carbocycles. The summed E-state index contributed by atoms with van der Waals surface area (Å²) in [7, 11) is 0. The molecule has 2 saturated carbocycles. The molecule has 3 aromatic carbocycles. The van der Waals surface area contributed by atoms with Gasteiger partial charge in [-0.05, 0) is 138 Å². The fourth-order valence-corrected chi connectivity index (χ4v) is 5.93. The van der Waals surface area contributed by atoms with Crippen molar-refractivity contribution >= 4 is 0 Å². The zero-order valence-electron chi connectivity index (χ0n) is 39.0. The minimum atomic E-state index is -0.736. The molecule has 0 spiro atoms. The maximum absolute atomic E-state index is 12.6. The maximum Gasteiger partial charge on any atom is 0.161 e. The third-order valence-corrected chi connectivity index (χ3v) is 10.6. The SMILES string of the molecule is C.C.C.C.C.C.C.C.CC1CCC(C)CC1.CC1CCC(C)CC1.Cc1ccc(C)c(F)c1.Cc1ccc(C)c(F)c1F.Cc1ccc(C)cc1.Cc1ccc(C)nc1.Cc1cnc(C)nc1. The monoisotopic (exact) mass is 940 g/mol. The quantitative estimate of drug-likeness (QED) is 0.155. The van der Waals surface area contributed by atoms with Gasteiger partial charge in [-0.2, -0.15) is 0 Å². The first-order valence-electron chi connectivity index (χ1n) is 21.6. The number of aryl methyl sites for hydroxylation is 10. The zero-order valence-corrected chi connectivity index (χ0v) is 39.0. The van der Waals surface area contributed by atoms with Crippen LogP contribution in [0.25, 0.3) is 0 Å². The van der Waals surface area contributed by atoms with Crippen molar-refractivity contribution in [2.75, 3.05) is 0 Å². The molecule has 0 bridgehead atoms. The van der Waals surface area contributed by atoms with Gasteiger partial charge >= 0.3 is 0 Å². The van der Waals surface area contributed by atoms with Crippen LogP contribution >= 0.6 is 0 Å². The normalized spacial score (nSPS) is 15.6. The summed E-state index contributed by atoms with van der Waals surface area (Å²) in [6.45, 7) is 28.2. The van der Waals surface area contributed by atoms with Gasteiger partial charge in [-0.3, -0.25) is 4.98 Å². The van der Waals surface area contributed by atoms with E-state index in [4.69, 9.17) is 0 Å². The molecule has 5 aromatic rings. The van der Waals surface area contributed by atoms with Gasteiger partial charge in [0.1, 0.15) is 11.6 Å². The second-order valence-corrected chi connectivity index (χ2v) is 17.2. The first-order valence-corrected chi connectivity index (χ1v) is 21.6. The third kappa shape index (κ3) is 38.4. The lowest BCUT2D eigenvalue weighted by atomic mass is 9.84. The fourth-order valence-electron chi connectivity index (χ4n) is 5.93. The Bertz CT molecular complexity index is 1610. The summed E-state index contributed by atoms with van der Waals surface area (Å²) in [5.74, 6) is 3.32. The minimum absolute atomic E-state index is 0. The minimum Gasteiger partial charge on any atom is -0.261 e. The molecule has 388 valence electrons. The predicted octanol–water partition coefficient (Wildman–Crippen LogP) is 20.9. The van der Waals surface area contributed by atoms with Crippen LogP contribution in [-0.2, 0) is 0 Å². The Hall–Kier alpha value is -4.32. The number of nitrogens with zero attached hydrogens (tertiary/aromatic N) is 3. The van der Waals surface area contributed by atoms with E-state index >= 15 is 0 Å². The summed E-state index contributed by atoms with van der Waals surface area (Å²) in [5.41, 5.74) is 8.44. The summed E-state index contributed by atoms with van der Waals surface area (Å²) < 4.78 is 37.8. The van der Waals surface area contributed by atoms with Crippen molar-refractivity contribution < 1.29 is 13.2 Å². The van der Waals surface area contributed by atoms with E-state index in [-0.39, 0.29) is 65.2 Å². The van der Waals surface area contributed by atoms with E-state index in [1.165, 1.54) is 88.0 Å². The van der Waals surface area contributed by atoms with Crippen molar-refractivity contribution in [1.29, 1.82) is 0 Å². The Labute approximate surface area is 416 Å². The lowest BCUT2D eigenvalue weighted by Gasteiger charge is -2.22. The maximum atomic E-state index is 12.6. The van der Waals surface area contributed by atoms with E-state index in [0.29, 0.717) is 16.7 Å². The molecule has 0 amide bonds. The topological polar surface area (TPSA) is 38.7 Å². The number of rotatable bonds is 0. The molecule has 2 heterocycles. The molecule has 6 heteroatoms. The molecule has 0 saturated heterocycles. The molecule has 67 heavy (non-hydrogen) atoms. The van der Waals surface area contributed by atoms with Gasteiger partial charge in [0.25, 0.3) is 0 Å². The van der Waals surface area contributed by atoms with Crippen molar-refractivity contribution in [2.45, 2.75) is 208 Å². The van der Waals surface area contributed by atoms with E-state index in [9.17, 15) is 13.2 Å². The molecule has 2 aromatic heterocycles. The summed E-state index contributed by atoms with van der Waals surface area (Å²) >= 11 is 0. The fraction of sp³-hybridized carbons (Fsp3) is 0.557. The average Bonchev–Trinajstić information content (AvgIpc) is 3.21. The molecule has 0 aliphatic heterocycles. The van der Waals surface area contributed by atoms with Crippen molar-refractivity contribution in [2.24, 2.45) is 23.7 Å².